The number of rotatable bonds is 5. The smallest absolute Gasteiger partial charge is 0.230 e. The van der Waals surface area contributed by atoms with Gasteiger partial charge < -0.3 is 9.73 Å². The average molecular weight is 292 g/mol. The monoisotopic (exact) mass is 292 g/mol. The minimum atomic E-state index is -0.0648. The fourth-order valence-corrected chi connectivity index (χ4v) is 2.97. The van der Waals surface area contributed by atoms with E-state index in [-0.39, 0.29) is 5.41 Å². The Morgan fingerprint density at radius 2 is 1.86 bits per heavy atom. The summed E-state index contributed by atoms with van der Waals surface area (Å²) in [5, 5.41) is 11.9. The van der Waals surface area contributed by atoms with Crippen LogP contribution in [0.4, 0.5) is 0 Å². The average Bonchev–Trinajstić information content (AvgIpc) is 3.17. The van der Waals surface area contributed by atoms with Gasteiger partial charge in [-0.15, -0.1) is 10.2 Å². The molecule has 21 heavy (non-hydrogen) atoms. The van der Waals surface area contributed by atoms with Crippen LogP contribution in [0.5, 0.6) is 0 Å². The van der Waals surface area contributed by atoms with Crippen LogP contribution in [0.3, 0.4) is 0 Å². The summed E-state index contributed by atoms with van der Waals surface area (Å²) in [4.78, 5) is 2.57. The van der Waals surface area contributed by atoms with Gasteiger partial charge in [0.2, 0.25) is 11.8 Å². The third kappa shape index (κ3) is 4.04. The highest BCUT2D eigenvalue weighted by Crippen LogP contribution is 2.30. The molecule has 5 nitrogen and oxygen atoms in total. The lowest BCUT2D eigenvalue weighted by molar-refractivity contribution is 0.173. The molecule has 3 rings (SSSR count). The van der Waals surface area contributed by atoms with Gasteiger partial charge in [-0.1, -0.05) is 20.8 Å². The highest BCUT2D eigenvalue weighted by Gasteiger charge is 2.32. The van der Waals surface area contributed by atoms with Gasteiger partial charge >= 0.3 is 0 Å². The first-order chi connectivity index (χ1) is 10.0. The Balaban J connectivity index is 1.61. The van der Waals surface area contributed by atoms with Crippen molar-refractivity contribution in [2.75, 3.05) is 19.6 Å². The van der Waals surface area contributed by atoms with Crippen LogP contribution >= 0.6 is 0 Å². The van der Waals surface area contributed by atoms with E-state index in [0.29, 0.717) is 0 Å². The van der Waals surface area contributed by atoms with Crippen molar-refractivity contribution in [3.8, 4) is 0 Å². The summed E-state index contributed by atoms with van der Waals surface area (Å²) in [6, 6.07) is 0.741. The predicted molar refractivity (Wildman–Crippen MR) is 82.0 cm³/mol. The number of aromatic nitrogens is 2. The van der Waals surface area contributed by atoms with Gasteiger partial charge in [0.1, 0.15) is 0 Å². The summed E-state index contributed by atoms with van der Waals surface area (Å²) in [6.45, 7) is 10.7. The van der Waals surface area contributed by atoms with Crippen LogP contribution in [0.2, 0.25) is 0 Å². The molecule has 0 spiro atoms. The van der Waals surface area contributed by atoms with E-state index in [1.807, 2.05) is 0 Å². The fraction of sp³-hybridized carbons (Fsp3) is 0.875. The van der Waals surface area contributed by atoms with Gasteiger partial charge in [-0.2, -0.15) is 0 Å². The minimum absolute atomic E-state index is 0.0648. The van der Waals surface area contributed by atoms with Gasteiger partial charge in [-0.25, -0.2) is 0 Å². The topological polar surface area (TPSA) is 54.2 Å². The first-order valence-corrected chi connectivity index (χ1v) is 8.30. The van der Waals surface area contributed by atoms with Crippen LogP contribution < -0.4 is 5.32 Å². The van der Waals surface area contributed by atoms with Gasteiger partial charge in [0.25, 0.3) is 0 Å². The number of piperidine rings is 1. The normalized spacial score (nSPS) is 21.1. The molecule has 0 aromatic carbocycles. The Kier molecular flexibility index (Phi) is 4.31. The van der Waals surface area contributed by atoms with Crippen molar-refractivity contribution >= 4 is 0 Å². The van der Waals surface area contributed by atoms with E-state index in [0.717, 1.165) is 43.4 Å². The summed E-state index contributed by atoms with van der Waals surface area (Å²) in [5.74, 6) is 2.34. The Hall–Kier alpha value is -0.940. The minimum Gasteiger partial charge on any atom is -0.423 e. The summed E-state index contributed by atoms with van der Waals surface area (Å²) in [5.41, 5.74) is -0.0648. The van der Waals surface area contributed by atoms with Gasteiger partial charge in [0, 0.05) is 18.0 Å². The van der Waals surface area contributed by atoms with Crippen LogP contribution in [0, 0.1) is 5.92 Å². The van der Waals surface area contributed by atoms with Crippen molar-refractivity contribution in [3.05, 3.63) is 11.8 Å². The summed E-state index contributed by atoms with van der Waals surface area (Å²) >= 11 is 0. The maximum atomic E-state index is 5.87. The number of nitrogens with zero attached hydrogens (tertiary/aromatic N) is 3. The van der Waals surface area contributed by atoms with Gasteiger partial charge in [-0.3, -0.25) is 4.90 Å². The maximum absolute atomic E-state index is 5.87. The molecule has 2 heterocycles. The van der Waals surface area contributed by atoms with Gasteiger partial charge in [-0.05, 0) is 44.7 Å². The van der Waals surface area contributed by atoms with E-state index in [4.69, 9.17) is 4.42 Å². The molecule has 118 valence electrons. The van der Waals surface area contributed by atoms with Crippen LogP contribution in [-0.4, -0.2) is 40.8 Å². The predicted octanol–water partition coefficient (Wildman–Crippen LogP) is 2.33. The second-order valence-electron chi connectivity index (χ2n) is 7.60. The lowest BCUT2D eigenvalue weighted by Crippen LogP contribution is -2.37. The van der Waals surface area contributed by atoms with E-state index in [1.54, 1.807) is 0 Å². The van der Waals surface area contributed by atoms with Crippen molar-refractivity contribution in [1.29, 1.82) is 0 Å². The lowest BCUT2D eigenvalue weighted by Gasteiger charge is -2.29. The van der Waals surface area contributed by atoms with Crippen molar-refractivity contribution in [2.24, 2.45) is 5.92 Å². The van der Waals surface area contributed by atoms with Crippen molar-refractivity contribution < 1.29 is 4.42 Å². The molecule has 0 atom stereocenters. The Morgan fingerprint density at radius 3 is 2.43 bits per heavy atom. The molecule has 0 bridgehead atoms. The SMILES string of the molecule is CC(C)(C)c1nnc(CN(CC2CCNCC2)C2CC2)o1. The van der Waals surface area contributed by atoms with E-state index in [2.05, 4.69) is 41.2 Å². The summed E-state index contributed by atoms with van der Waals surface area (Å²) in [6.07, 6.45) is 5.23. The second kappa shape index (κ2) is 6.05. The Labute approximate surface area is 127 Å². The molecule has 1 aromatic rings. The van der Waals surface area contributed by atoms with Crippen LogP contribution in [0.15, 0.2) is 4.42 Å². The molecule has 1 aliphatic carbocycles. The molecule has 0 amide bonds. The maximum Gasteiger partial charge on any atom is 0.230 e. The largest absolute Gasteiger partial charge is 0.423 e. The molecular weight excluding hydrogens is 264 g/mol. The van der Waals surface area contributed by atoms with E-state index in [1.165, 1.54) is 32.2 Å². The molecule has 1 N–H and O–H groups in total. The molecule has 0 radical (unpaired) electrons. The third-order valence-corrected chi connectivity index (χ3v) is 4.46. The van der Waals surface area contributed by atoms with Crippen LogP contribution in [0.25, 0.3) is 0 Å². The molecule has 5 heteroatoms. The molecular formula is C16H28N4O. The molecule has 2 aliphatic rings. The van der Waals surface area contributed by atoms with E-state index in [9.17, 15) is 0 Å². The molecule has 2 fully saturated rings. The zero-order chi connectivity index (χ0) is 14.9. The Bertz CT molecular complexity index is 455. The van der Waals surface area contributed by atoms with Gasteiger partial charge in [0.15, 0.2) is 0 Å². The van der Waals surface area contributed by atoms with Crippen LogP contribution in [0.1, 0.15) is 58.2 Å². The summed E-state index contributed by atoms with van der Waals surface area (Å²) < 4.78 is 5.87. The van der Waals surface area contributed by atoms with Crippen LogP contribution in [-0.2, 0) is 12.0 Å². The first kappa shape index (κ1) is 15.0. The third-order valence-electron chi connectivity index (χ3n) is 4.46. The highest BCUT2D eigenvalue weighted by molar-refractivity contribution is 4.97. The molecule has 1 saturated heterocycles. The van der Waals surface area contributed by atoms with Gasteiger partial charge in [0.05, 0.1) is 6.54 Å². The Morgan fingerprint density at radius 1 is 1.14 bits per heavy atom. The fourth-order valence-electron chi connectivity index (χ4n) is 2.97. The number of hydrogen-bond donors (Lipinski definition) is 1. The quantitative estimate of drug-likeness (QED) is 0.902. The standard InChI is InChI=1S/C16H28N4O/c1-16(2,3)15-19-18-14(21-15)11-20(13-4-5-13)10-12-6-8-17-9-7-12/h12-13,17H,4-11H2,1-3H3. The van der Waals surface area contributed by atoms with Crippen molar-refractivity contribution in [2.45, 2.75) is 64.5 Å². The molecule has 0 unspecified atom stereocenters. The number of hydrogen-bond acceptors (Lipinski definition) is 5. The highest BCUT2D eigenvalue weighted by atomic mass is 16.4. The summed E-state index contributed by atoms with van der Waals surface area (Å²) in [7, 11) is 0. The number of nitrogens with one attached hydrogen (secondary N) is 1. The van der Waals surface area contributed by atoms with E-state index < -0.39 is 0 Å². The second-order valence-corrected chi connectivity index (χ2v) is 7.60. The molecule has 1 aromatic heterocycles. The zero-order valence-electron chi connectivity index (χ0n) is 13.6. The molecule has 1 saturated carbocycles. The zero-order valence-corrected chi connectivity index (χ0v) is 13.6. The van der Waals surface area contributed by atoms with E-state index >= 15 is 0 Å². The lowest BCUT2D eigenvalue weighted by atomic mass is 9.97. The van der Waals surface area contributed by atoms with Crippen molar-refractivity contribution in [3.63, 3.8) is 0 Å². The molecule has 1 aliphatic heterocycles. The first-order valence-electron chi connectivity index (χ1n) is 8.30. The van der Waals surface area contributed by atoms with Crippen molar-refractivity contribution in [1.82, 2.24) is 20.4 Å².